The Morgan fingerprint density at radius 2 is 2.12 bits per heavy atom. The maximum atomic E-state index is 12.5. The average Bonchev–Trinajstić information content (AvgIpc) is 3.04. The number of aryl methyl sites for hydroxylation is 2. The van der Waals surface area contributed by atoms with Gasteiger partial charge in [-0.1, -0.05) is 12.1 Å². The summed E-state index contributed by atoms with van der Waals surface area (Å²) >= 11 is 1.61. The summed E-state index contributed by atoms with van der Waals surface area (Å²) in [6.07, 6.45) is 2.98. The van der Waals surface area contributed by atoms with Gasteiger partial charge < -0.3 is 9.64 Å². The third-order valence-corrected chi connectivity index (χ3v) is 5.28. The van der Waals surface area contributed by atoms with Crippen molar-refractivity contribution in [2.75, 3.05) is 14.2 Å². The highest BCUT2D eigenvalue weighted by Gasteiger charge is 2.14. The summed E-state index contributed by atoms with van der Waals surface area (Å²) in [4.78, 5) is 24.1. The van der Waals surface area contributed by atoms with Crippen LogP contribution in [0.5, 0.6) is 5.75 Å². The molecule has 0 spiro atoms. The number of carbonyl (C=O) groups is 1. The Bertz CT molecular complexity index is 891. The Kier molecular flexibility index (Phi) is 5.28. The maximum Gasteiger partial charge on any atom is 0.222 e. The second-order valence-corrected chi connectivity index (χ2v) is 6.88. The summed E-state index contributed by atoms with van der Waals surface area (Å²) in [5.74, 6) is 0.870. The number of thiazole rings is 1. The van der Waals surface area contributed by atoms with E-state index in [1.807, 2.05) is 43.7 Å². The molecule has 0 unspecified atom stereocenters. The molecule has 0 N–H and O–H groups in total. The van der Waals surface area contributed by atoms with Gasteiger partial charge in [0.25, 0.3) is 0 Å². The largest absolute Gasteiger partial charge is 0.494 e. The summed E-state index contributed by atoms with van der Waals surface area (Å²) in [6, 6.07) is 7.82. The molecule has 3 aromatic rings. The maximum absolute atomic E-state index is 12.5. The lowest BCUT2D eigenvalue weighted by Gasteiger charge is -2.19. The molecule has 0 aliphatic heterocycles. The van der Waals surface area contributed by atoms with Crippen molar-refractivity contribution in [3.8, 4) is 5.75 Å². The number of fused-ring (bicyclic) bond motifs is 1. The molecule has 0 radical (unpaired) electrons. The number of pyridine rings is 1. The Labute approximate surface area is 151 Å². The topological polar surface area (TPSA) is 55.3 Å². The van der Waals surface area contributed by atoms with Crippen LogP contribution in [0.2, 0.25) is 0 Å². The lowest BCUT2D eigenvalue weighted by atomic mass is 10.1. The molecule has 1 amide bonds. The first kappa shape index (κ1) is 17.4. The van der Waals surface area contributed by atoms with Crippen LogP contribution in [0.4, 0.5) is 0 Å². The SMILES string of the molecule is COc1ccc(CN(C)C(=O)CCc2scnc2C)c2cccnc12. The molecule has 25 heavy (non-hydrogen) atoms. The highest BCUT2D eigenvalue weighted by Crippen LogP contribution is 2.27. The van der Waals surface area contributed by atoms with Crippen LogP contribution in [0, 0.1) is 6.92 Å². The summed E-state index contributed by atoms with van der Waals surface area (Å²) in [5.41, 5.74) is 4.74. The zero-order valence-electron chi connectivity index (χ0n) is 14.7. The molecule has 0 saturated heterocycles. The molecule has 0 fully saturated rings. The van der Waals surface area contributed by atoms with Gasteiger partial charge in [0, 0.05) is 36.5 Å². The van der Waals surface area contributed by atoms with E-state index in [9.17, 15) is 4.79 Å². The zero-order valence-corrected chi connectivity index (χ0v) is 15.5. The van der Waals surface area contributed by atoms with E-state index in [4.69, 9.17) is 4.74 Å². The van der Waals surface area contributed by atoms with E-state index in [1.165, 1.54) is 4.88 Å². The van der Waals surface area contributed by atoms with Crippen LogP contribution in [-0.2, 0) is 17.8 Å². The van der Waals surface area contributed by atoms with Crippen LogP contribution in [0.15, 0.2) is 36.0 Å². The summed E-state index contributed by atoms with van der Waals surface area (Å²) in [5, 5.41) is 1.01. The minimum atomic E-state index is 0.126. The number of hydrogen-bond acceptors (Lipinski definition) is 5. The van der Waals surface area contributed by atoms with Crippen molar-refractivity contribution >= 4 is 28.1 Å². The molecule has 0 aliphatic carbocycles. The third-order valence-electron chi connectivity index (χ3n) is 4.29. The lowest BCUT2D eigenvalue weighted by Crippen LogP contribution is -2.26. The third kappa shape index (κ3) is 3.79. The molecular formula is C19H21N3O2S. The molecule has 3 rings (SSSR count). The summed E-state index contributed by atoms with van der Waals surface area (Å²) < 4.78 is 5.38. The molecule has 1 aromatic carbocycles. The average molecular weight is 355 g/mol. The van der Waals surface area contributed by atoms with E-state index in [2.05, 4.69) is 9.97 Å². The molecule has 5 nitrogen and oxygen atoms in total. The van der Waals surface area contributed by atoms with Crippen LogP contribution >= 0.6 is 11.3 Å². The number of rotatable bonds is 6. The first-order chi connectivity index (χ1) is 12.1. The highest BCUT2D eigenvalue weighted by atomic mass is 32.1. The van der Waals surface area contributed by atoms with E-state index in [-0.39, 0.29) is 5.91 Å². The van der Waals surface area contributed by atoms with Crippen molar-refractivity contribution in [1.82, 2.24) is 14.9 Å². The normalized spacial score (nSPS) is 10.8. The van der Waals surface area contributed by atoms with Gasteiger partial charge in [-0.3, -0.25) is 9.78 Å². The molecule has 0 saturated carbocycles. The Hall–Kier alpha value is -2.47. The van der Waals surface area contributed by atoms with E-state index >= 15 is 0 Å². The predicted octanol–water partition coefficient (Wildman–Crippen LogP) is 3.60. The molecule has 130 valence electrons. The van der Waals surface area contributed by atoms with Gasteiger partial charge in [0.15, 0.2) is 0 Å². The Morgan fingerprint density at radius 3 is 2.84 bits per heavy atom. The minimum absolute atomic E-state index is 0.126. The number of carbonyl (C=O) groups excluding carboxylic acids is 1. The fraction of sp³-hybridized carbons (Fsp3) is 0.316. The number of methoxy groups -OCH3 is 1. The van der Waals surface area contributed by atoms with Crippen molar-refractivity contribution in [1.29, 1.82) is 0 Å². The van der Waals surface area contributed by atoms with E-state index in [1.54, 1.807) is 29.5 Å². The molecule has 0 aliphatic rings. The number of amides is 1. The highest BCUT2D eigenvalue weighted by molar-refractivity contribution is 7.09. The summed E-state index contributed by atoms with van der Waals surface area (Å²) in [6.45, 7) is 2.53. The van der Waals surface area contributed by atoms with Gasteiger partial charge in [-0.15, -0.1) is 11.3 Å². The van der Waals surface area contributed by atoms with Crippen LogP contribution in [0.3, 0.4) is 0 Å². The number of nitrogens with zero attached hydrogens (tertiary/aromatic N) is 3. The van der Waals surface area contributed by atoms with Gasteiger partial charge in [-0.2, -0.15) is 0 Å². The van der Waals surface area contributed by atoms with Gasteiger partial charge >= 0.3 is 0 Å². The molecule has 0 atom stereocenters. The van der Waals surface area contributed by atoms with Gasteiger partial charge in [0.2, 0.25) is 5.91 Å². The number of hydrogen-bond donors (Lipinski definition) is 0. The molecule has 6 heteroatoms. The first-order valence-electron chi connectivity index (χ1n) is 8.13. The van der Waals surface area contributed by atoms with E-state index < -0.39 is 0 Å². The molecule has 0 bridgehead atoms. The van der Waals surface area contributed by atoms with Gasteiger partial charge in [0.1, 0.15) is 11.3 Å². The standard InChI is InChI=1S/C19H21N3O2S/c1-13-17(25-12-21-13)8-9-18(23)22(2)11-14-6-7-16(24-3)19-15(14)5-4-10-20-19/h4-7,10,12H,8-9,11H2,1-3H3. The number of aromatic nitrogens is 2. The second kappa shape index (κ2) is 7.61. The molecule has 2 aromatic heterocycles. The molecule has 2 heterocycles. The van der Waals surface area contributed by atoms with Crippen molar-refractivity contribution in [2.45, 2.75) is 26.3 Å². The monoisotopic (exact) mass is 355 g/mol. The van der Waals surface area contributed by atoms with Crippen LogP contribution in [0.25, 0.3) is 10.9 Å². The predicted molar refractivity (Wildman–Crippen MR) is 99.9 cm³/mol. The fourth-order valence-corrected chi connectivity index (χ4v) is 3.61. The minimum Gasteiger partial charge on any atom is -0.494 e. The van der Waals surface area contributed by atoms with Crippen LogP contribution in [0.1, 0.15) is 22.6 Å². The van der Waals surface area contributed by atoms with Gasteiger partial charge in [0.05, 0.1) is 18.3 Å². The zero-order chi connectivity index (χ0) is 17.8. The fourth-order valence-electron chi connectivity index (χ4n) is 2.83. The van der Waals surface area contributed by atoms with Crippen LogP contribution < -0.4 is 4.74 Å². The van der Waals surface area contributed by atoms with Crippen molar-refractivity contribution < 1.29 is 9.53 Å². The second-order valence-electron chi connectivity index (χ2n) is 5.94. The Balaban J connectivity index is 1.72. The van der Waals surface area contributed by atoms with Crippen LogP contribution in [-0.4, -0.2) is 34.9 Å². The van der Waals surface area contributed by atoms with Gasteiger partial charge in [-0.05, 0) is 31.0 Å². The number of benzene rings is 1. The first-order valence-corrected chi connectivity index (χ1v) is 9.01. The van der Waals surface area contributed by atoms with Crippen molar-refractivity contribution in [3.63, 3.8) is 0 Å². The summed E-state index contributed by atoms with van der Waals surface area (Å²) in [7, 11) is 3.48. The molecular weight excluding hydrogens is 334 g/mol. The lowest BCUT2D eigenvalue weighted by molar-refractivity contribution is -0.130. The van der Waals surface area contributed by atoms with Crippen molar-refractivity contribution in [2.24, 2.45) is 0 Å². The van der Waals surface area contributed by atoms with E-state index in [0.717, 1.165) is 34.3 Å². The van der Waals surface area contributed by atoms with E-state index in [0.29, 0.717) is 13.0 Å². The number of ether oxygens (including phenoxy) is 1. The Morgan fingerprint density at radius 1 is 1.28 bits per heavy atom. The smallest absolute Gasteiger partial charge is 0.222 e. The van der Waals surface area contributed by atoms with Gasteiger partial charge in [-0.25, -0.2) is 4.98 Å². The quantitative estimate of drug-likeness (QED) is 0.678. The van der Waals surface area contributed by atoms with Crippen molar-refractivity contribution in [3.05, 3.63) is 52.1 Å².